The van der Waals surface area contributed by atoms with Crippen molar-refractivity contribution in [2.75, 3.05) is 50.2 Å². The Balaban J connectivity index is 1.43. The quantitative estimate of drug-likeness (QED) is 0.691. The van der Waals surface area contributed by atoms with Gasteiger partial charge in [-0.25, -0.2) is 0 Å². The molecule has 8 nitrogen and oxygen atoms in total. The number of methoxy groups -OCH3 is 1. The Bertz CT molecular complexity index is 1020. The maximum absolute atomic E-state index is 12.4. The molecule has 2 aromatic rings. The second-order valence-electron chi connectivity index (χ2n) is 7.01. The normalized spacial score (nSPS) is 15.5. The molecule has 2 N–H and O–H groups in total. The molecular weight excluding hydrogens is 422 g/mol. The molecule has 2 aliphatic rings. The van der Waals surface area contributed by atoms with Gasteiger partial charge >= 0.3 is 0 Å². The minimum Gasteiger partial charge on any atom is -0.493 e. The average molecular weight is 444 g/mol. The van der Waals surface area contributed by atoms with Crippen LogP contribution in [0.2, 0.25) is 5.02 Å². The number of nitrogens with zero attached hydrogens (tertiary/aromatic N) is 1. The smallest absolute Gasteiger partial charge is 0.248 e. The number of piperazine rings is 1. The zero-order chi connectivity index (χ0) is 21.8. The van der Waals surface area contributed by atoms with Crippen molar-refractivity contribution in [3.05, 3.63) is 47.0 Å². The van der Waals surface area contributed by atoms with E-state index in [2.05, 4.69) is 10.6 Å². The third-order valence-corrected chi connectivity index (χ3v) is 5.17. The van der Waals surface area contributed by atoms with E-state index in [0.29, 0.717) is 54.3 Å². The molecule has 1 fully saturated rings. The fraction of sp³-hybridized carbons (Fsp3) is 0.273. The summed E-state index contributed by atoms with van der Waals surface area (Å²) >= 11 is 6.39. The van der Waals surface area contributed by atoms with Gasteiger partial charge in [-0.15, -0.1) is 0 Å². The Kier molecular flexibility index (Phi) is 6.18. The summed E-state index contributed by atoms with van der Waals surface area (Å²) in [6.45, 7) is 2.44. The van der Waals surface area contributed by atoms with E-state index in [-0.39, 0.29) is 18.4 Å². The largest absolute Gasteiger partial charge is 0.493 e. The zero-order valence-corrected chi connectivity index (χ0v) is 17.7. The Hall–Kier alpha value is -3.39. The highest BCUT2D eigenvalue weighted by Crippen LogP contribution is 2.40. The van der Waals surface area contributed by atoms with Crippen LogP contribution < -0.4 is 29.7 Å². The van der Waals surface area contributed by atoms with E-state index in [4.69, 9.17) is 25.8 Å². The van der Waals surface area contributed by atoms with Crippen molar-refractivity contribution in [3.8, 4) is 17.2 Å². The van der Waals surface area contributed by atoms with Crippen molar-refractivity contribution >= 4 is 40.9 Å². The molecule has 0 atom stereocenters. The molecule has 2 aromatic carbocycles. The molecule has 2 amide bonds. The van der Waals surface area contributed by atoms with E-state index >= 15 is 0 Å². The standard InChI is InChI=1S/C22H22ClN3O5/c1-29-18-10-14(11-19-22(18)31-9-8-30-19)2-5-20(27)25-15-3-4-17(16(23)12-15)26-7-6-24-21(28)13-26/h2-5,10-12H,6-9,13H2,1H3,(H,24,28)(H,25,27)/b5-2+. The summed E-state index contributed by atoms with van der Waals surface area (Å²) in [5.74, 6) is 1.34. The first-order chi connectivity index (χ1) is 15.0. The number of fused-ring (bicyclic) bond motifs is 1. The lowest BCUT2D eigenvalue weighted by molar-refractivity contribution is -0.120. The lowest BCUT2D eigenvalue weighted by atomic mass is 10.1. The van der Waals surface area contributed by atoms with E-state index in [1.807, 2.05) is 4.90 Å². The molecule has 0 saturated carbocycles. The summed E-state index contributed by atoms with van der Waals surface area (Å²) in [5.41, 5.74) is 2.06. The van der Waals surface area contributed by atoms with Gasteiger partial charge in [0.25, 0.3) is 0 Å². The van der Waals surface area contributed by atoms with Crippen LogP contribution in [-0.4, -0.2) is 51.8 Å². The fourth-order valence-corrected chi connectivity index (χ4v) is 3.73. The van der Waals surface area contributed by atoms with Crippen LogP contribution in [0.25, 0.3) is 6.08 Å². The van der Waals surface area contributed by atoms with Crippen LogP contribution in [0.5, 0.6) is 17.2 Å². The van der Waals surface area contributed by atoms with E-state index < -0.39 is 0 Å². The molecular formula is C22H22ClN3O5. The average Bonchev–Trinajstić information content (AvgIpc) is 2.77. The van der Waals surface area contributed by atoms with Crippen molar-refractivity contribution < 1.29 is 23.8 Å². The van der Waals surface area contributed by atoms with Gasteiger partial charge < -0.3 is 29.7 Å². The summed E-state index contributed by atoms with van der Waals surface area (Å²) in [6.07, 6.45) is 3.08. The highest BCUT2D eigenvalue weighted by molar-refractivity contribution is 6.33. The van der Waals surface area contributed by atoms with Crippen molar-refractivity contribution in [1.29, 1.82) is 0 Å². The van der Waals surface area contributed by atoms with Crippen LogP contribution >= 0.6 is 11.6 Å². The molecule has 0 bridgehead atoms. The van der Waals surface area contributed by atoms with Crippen LogP contribution in [0.3, 0.4) is 0 Å². The number of carbonyl (C=O) groups is 2. The summed E-state index contributed by atoms with van der Waals surface area (Å²) in [4.78, 5) is 25.9. The molecule has 9 heteroatoms. The minimum atomic E-state index is -0.310. The van der Waals surface area contributed by atoms with Crippen molar-refractivity contribution in [3.63, 3.8) is 0 Å². The second kappa shape index (κ2) is 9.18. The Morgan fingerprint density at radius 2 is 2.10 bits per heavy atom. The SMILES string of the molecule is COc1cc(/C=C/C(=O)Nc2ccc(N3CCNC(=O)C3)c(Cl)c2)cc2c1OCCO2. The van der Waals surface area contributed by atoms with E-state index in [1.165, 1.54) is 6.08 Å². The van der Waals surface area contributed by atoms with Crippen molar-refractivity contribution in [2.24, 2.45) is 0 Å². The van der Waals surface area contributed by atoms with Crippen LogP contribution in [-0.2, 0) is 9.59 Å². The number of anilines is 2. The summed E-state index contributed by atoms with van der Waals surface area (Å²) in [7, 11) is 1.55. The van der Waals surface area contributed by atoms with Gasteiger partial charge in [0.15, 0.2) is 11.5 Å². The molecule has 2 aliphatic heterocycles. The topological polar surface area (TPSA) is 89.1 Å². The van der Waals surface area contributed by atoms with E-state index in [9.17, 15) is 9.59 Å². The number of hydrogen-bond donors (Lipinski definition) is 2. The van der Waals surface area contributed by atoms with Crippen LogP contribution in [0.4, 0.5) is 11.4 Å². The predicted octanol–water partition coefficient (Wildman–Crippen LogP) is 2.71. The number of nitrogens with one attached hydrogen (secondary N) is 2. The number of amides is 2. The maximum Gasteiger partial charge on any atom is 0.248 e. The molecule has 0 radical (unpaired) electrons. The summed E-state index contributed by atoms with van der Waals surface area (Å²) in [6, 6.07) is 8.79. The molecule has 0 unspecified atom stereocenters. The molecule has 0 spiro atoms. The molecule has 4 rings (SSSR count). The van der Waals surface area contributed by atoms with Crippen LogP contribution in [0.15, 0.2) is 36.4 Å². The minimum absolute atomic E-state index is 0.0411. The van der Waals surface area contributed by atoms with Crippen LogP contribution in [0.1, 0.15) is 5.56 Å². The van der Waals surface area contributed by atoms with Gasteiger partial charge in [-0.1, -0.05) is 11.6 Å². The third kappa shape index (κ3) is 4.86. The first-order valence-corrected chi connectivity index (χ1v) is 10.2. The fourth-order valence-electron chi connectivity index (χ4n) is 3.43. The molecule has 31 heavy (non-hydrogen) atoms. The maximum atomic E-state index is 12.4. The summed E-state index contributed by atoms with van der Waals surface area (Å²) < 4.78 is 16.5. The Morgan fingerprint density at radius 1 is 1.26 bits per heavy atom. The molecule has 2 heterocycles. The number of benzene rings is 2. The highest BCUT2D eigenvalue weighted by Gasteiger charge is 2.19. The Labute approximate surface area is 184 Å². The van der Waals surface area contributed by atoms with Gasteiger partial charge in [0.05, 0.1) is 24.4 Å². The predicted molar refractivity (Wildman–Crippen MR) is 118 cm³/mol. The van der Waals surface area contributed by atoms with Gasteiger partial charge in [-0.3, -0.25) is 9.59 Å². The number of carbonyl (C=O) groups excluding carboxylic acids is 2. The lowest BCUT2D eigenvalue weighted by Crippen LogP contribution is -2.47. The lowest BCUT2D eigenvalue weighted by Gasteiger charge is -2.29. The first kappa shape index (κ1) is 20.9. The van der Waals surface area contributed by atoms with Gasteiger partial charge in [0, 0.05) is 24.9 Å². The van der Waals surface area contributed by atoms with E-state index in [0.717, 1.165) is 11.3 Å². The van der Waals surface area contributed by atoms with E-state index in [1.54, 1.807) is 43.5 Å². The Morgan fingerprint density at radius 3 is 2.87 bits per heavy atom. The van der Waals surface area contributed by atoms with Gasteiger partial charge in [-0.2, -0.15) is 0 Å². The molecule has 0 aromatic heterocycles. The molecule has 162 valence electrons. The van der Waals surface area contributed by atoms with Crippen molar-refractivity contribution in [1.82, 2.24) is 5.32 Å². The third-order valence-electron chi connectivity index (χ3n) is 4.87. The summed E-state index contributed by atoms with van der Waals surface area (Å²) in [5, 5.41) is 6.03. The first-order valence-electron chi connectivity index (χ1n) is 9.81. The number of ether oxygens (including phenoxy) is 3. The van der Waals surface area contributed by atoms with Crippen LogP contribution in [0, 0.1) is 0 Å². The second-order valence-corrected chi connectivity index (χ2v) is 7.41. The molecule has 1 saturated heterocycles. The highest BCUT2D eigenvalue weighted by atomic mass is 35.5. The van der Waals surface area contributed by atoms with Gasteiger partial charge in [0.1, 0.15) is 13.2 Å². The van der Waals surface area contributed by atoms with Gasteiger partial charge in [-0.05, 0) is 42.0 Å². The van der Waals surface area contributed by atoms with Crippen molar-refractivity contribution in [2.45, 2.75) is 0 Å². The monoisotopic (exact) mass is 443 g/mol. The number of hydrogen-bond acceptors (Lipinski definition) is 6. The van der Waals surface area contributed by atoms with Gasteiger partial charge in [0.2, 0.25) is 17.6 Å². The zero-order valence-electron chi connectivity index (χ0n) is 16.9. The number of halogens is 1. The number of rotatable bonds is 5. The molecule has 0 aliphatic carbocycles.